The van der Waals surface area contributed by atoms with Crippen molar-refractivity contribution in [3.05, 3.63) is 102 Å². The van der Waals surface area contributed by atoms with Gasteiger partial charge < -0.3 is 19.3 Å². The van der Waals surface area contributed by atoms with Crippen LogP contribution in [0.1, 0.15) is 23.5 Å². The largest absolute Gasteiger partial charge is 0.619 e. The second-order valence-electron chi connectivity index (χ2n) is 8.98. The summed E-state index contributed by atoms with van der Waals surface area (Å²) in [5, 5.41) is 13.4. The summed E-state index contributed by atoms with van der Waals surface area (Å²) in [6.45, 7) is 1.22. The van der Waals surface area contributed by atoms with Crippen molar-refractivity contribution in [2.75, 3.05) is 13.7 Å². The number of pyridine rings is 1. The lowest BCUT2D eigenvalue weighted by Gasteiger charge is -2.18. The lowest BCUT2D eigenvalue weighted by molar-refractivity contribution is -0.605. The van der Waals surface area contributed by atoms with Gasteiger partial charge in [0.2, 0.25) is 5.91 Å². The maximum absolute atomic E-state index is 13.0. The molecule has 1 saturated heterocycles. The molecule has 1 unspecified atom stereocenters. The molecule has 1 fully saturated rings. The number of hydrogen-bond donors (Lipinski definition) is 0. The van der Waals surface area contributed by atoms with Crippen LogP contribution in [0.2, 0.25) is 0 Å². The predicted octanol–water partition coefficient (Wildman–Crippen LogP) is 5.41. The third-order valence-electron chi connectivity index (χ3n) is 6.86. The summed E-state index contributed by atoms with van der Waals surface area (Å²) in [5.41, 5.74) is 5.77. The van der Waals surface area contributed by atoms with Crippen LogP contribution in [0.4, 0.5) is 0 Å². The minimum absolute atomic E-state index is 0.0827. The fourth-order valence-corrected chi connectivity index (χ4v) is 5.09. The van der Waals surface area contributed by atoms with Gasteiger partial charge in [-0.2, -0.15) is 4.73 Å². The van der Waals surface area contributed by atoms with Gasteiger partial charge in [-0.05, 0) is 34.4 Å². The Kier molecular flexibility index (Phi) is 5.14. The van der Waals surface area contributed by atoms with Crippen LogP contribution in [0.15, 0.2) is 89.6 Å². The molecule has 174 valence electrons. The van der Waals surface area contributed by atoms with Gasteiger partial charge >= 0.3 is 0 Å². The lowest BCUT2D eigenvalue weighted by atomic mass is 9.93. The first-order valence-electron chi connectivity index (χ1n) is 11.6. The molecule has 5 aromatic rings. The number of para-hydroxylation sites is 1. The Balaban J connectivity index is 1.26. The van der Waals surface area contributed by atoms with E-state index < -0.39 is 0 Å². The summed E-state index contributed by atoms with van der Waals surface area (Å²) >= 11 is 0. The number of nitrogens with zero attached hydrogens (tertiary/aromatic N) is 2. The van der Waals surface area contributed by atoms with E-state index in [9.17, 15) is 10.0 Å². The third kappa shape index (κ3) is 3.77. The molecule has 2 aromatic heterocycles. The van der Waals surface area contributed by atoms with Crippen molar-refractivity contribution in [2.24, 2.45) is 0 Å². The molecule has 6 heteroatoms. The highest BCUT2D eigenvalue weighted by Gasteiger charge is 2.33. The fraction of sp³-hybridized carbons (Fsp3) is 0.172. The van der Waals surface area contributed by atoms with Crippen molar-refractivity contribution in [2.45, 2.75) is 18.9 Å². The van der Waals surface area contributed by atoms with E-state index in [4.69, 9.17) is 9.15 Å². The van der Waals surface area contributed by atoms with Gasteiger partial charge in [-0.25, -0.2) is 0 Å². The third-order valence-corrected chi connectivity index (χ3v) is 6.86. The summed E-state index contributed by atoms with van der Waals surface area (Å²) < 4.78 is 12.5. The van der Waals surface area contributed by atoms with E-state index in [1.54, 1.807) is 19.2 Å². The van der Waals surface area contributed by atoms with Crippen LogP contribution in [-0.2, 0) is 11.3 Å². The average molecular weight is 465 g/mol. The average Bonchev–Trinajstić information content (AvgIpc) is 3.45. The Morgan fingerprint density at radius 1 is 1.00 bits per heavy atom. The van der Waals surface area contributed by atoms with E-state index in [-0.39, 0.29) is 11.8 Å². The summed E-state index contributed by atoms with van der Waals surface area (Å²) in [7, 11) is 1.64. The zero-order chi connectivity index (χ0) is 23.9. The van der Waals surface area contributed by atoms with Gasteiger partial charge in [0.15, 0.2) is 23.7 Å². The molecule has 0 saturated carbocycles. The van der Waals surface area contributed by atoms with Gasteiger partial charge in [0.25, 0.3) is 0 Å². The lowest BCUT2D eigenvalue weighted by Crippen LogP contribution is -2.24. The van der Waals surface area contributed by atoms with Gasteiger partial charge in [0.05, 0.1) is 7.11 Å². The van der Waals surface area contributed by atoms with Crippen LogP contribution in [0.3, 0.4) is 0 Å². The number of methoxy groups -OCH3 is 1. The zero-order valence-electron chi connectivity index (χ0n) is 19.3. The van der Waals surface area contributed by atoms with Crippen molar-refractivity contribution < 1.29 is 18.7 Å². The number of fused-ring (bicyclic) bond motifs is 3. The van der Waals surface area contributed by atoms with Crippen LogP contribution in [0.25, 0.3) is 33.1 Å². The first-order valence-corrected chi connectivity index (χ1v) is 11.6. The normalized spacial score (nSPS) is 15.9. The van der Waals surface area contributed by atoms with Gasteiger partial charge in [0, 0.05) is 48.3 Å². The van der Waals surface area contributed by atoms with Gasteiger partial charge in [-0.15, -0.1) is 0 Å². The number of hydrogen-bond acceptors (Lipinski definition) is 4. The van der Waals surface area contributed by atoms with Crippen LogP contribution in [0, 0.1) is 5.21 Å². The maximum atomic E-state index is 13.0. The van der Waals surface area contributed by atoms with Gasteiger partial charge in [-0.1, -0.05) is 48.5 Å². The topological polar surface area (TPSA) is 69.6 Å². The SMILES string of the molecule is COc1ccc(C2CC(=O)N(Cc3ccc(-c4cc[n+]([O-])cc4)cc3)C2)c2c1oc1ccccc12. The van der Waals surface area contributed by atoms with E-state index in [0.29, 0.717) is 25.3 Å². The maximum Gasteiger partial charge on any atom is 0.223 e. The summed E-state index contributed by atoms with van der Waals surface area (Å²) in [4.78, 5) is 14.9. The molecule has 3 heterocycles. The van der Waals surface area contributed by atoms with Crippen LogP contribution in [-0.4, -0.2) is 24.5 Å². The highest BCUT2D eigenvalue weighted by atomic mass is 16.5. The molecule has 35 heavy (non-hydrogen) atoms. The molecule has 1 amide bonds. The molecule has 0 bridgehead atoms. The summed E-state index contributed by atoms with van der Waals surface area (Å²) in [6, 6.07) is 23.7. The van der Waals surface area contributed by atoms with E-state index in [0.717, 1.165) is 48.9 Å². The standard InChI is InChI=1S/C29H24N2O4/c1-34-26-11-10-23(28-24-4-2-3-5-25(24)35-29(26)28)22-16-27(32)30(18-22)17-19-6-8-20(9-7-19)21-12-14-31(33)15-13-21/h2-15,22H,16-18H2,1H3. The number of amides is 1. The molecule has 0 radical (unpaired) electrons. The first kappa shape index (κ1) is 21.2. The minimum Gasteiger partial charge on any atom is -0.619 e. The second-order valence-corrected chi connectivity index (χ2v) is 8.98. The fourth-order valence-electron chi connectivity index (χ4n) is 5.09. The Morgan fingerprint density at radius 3 is 2.51 bits per heavy atom. The van der Waals surface area contributed by atoms with E-state index in [1.165, 1.54) is 12.4 Å². The van der Waals surface area contributed by atoms with E-state index in [2.05, 4.69) is 12.1 Å². The molecule has 0 spiro atoms. The van der Waals surface area contributed by atoms with Crippen LogP contribution >= 0.6 is 0 Å². The monoisotopic (exact) mass is 464 g/mol. The van der Waals surface area contributed by atoms with E-state index in [1.807, 2.05) is 53.4 Å². The molecule has 6 nitrogen and oxygen atoms in total. The molecule has 0 aliphatic carbocycles. The van der Waals surface area contributed by atoms with Crippen LogP contribution < -0.4 is 9.47 Å². The number of furan rings is 1. The Bertz CT molecular complexity index is 1540. The number of aromatic nitrogens is 1. The highest BCUT2D eigenvalue weighted by molar-refractivity contribution is 6.09. The molecule has 1 atom stereocenters. The molecule has 1 aliphatic heterocycles. The zero-order valence-corrected chi connectivity index (χ0v) is 19.3. The number of benzene rings is 3. The number of rotatable bonds is 5. The number of carbonyl (C=O) groups is 1. The smallest absolute Gasteiger partial charge is 0.223 e. The predicted molar refractivity (Wildman–Crippen MR) is 134 cm³/mol. The Hall–Kier alpha value is -4.32. The Morgan fingerprint density at radius 2 is 1.74 bits per heavy atom. The second kappa shape index (κ2) is 8.47. The van der Waals surface area contributed by atoms with Gasteiger partial charge in [-0.3, -0.25) is 4.79 Å². The minimum atomic E-state index is 0.0827. The van der Waals surface area contributed by atoms with Crippen molar-refractivity contribution in [1.82, 2.24) is 4.90 Å². The molecule has 3 aromatic carbocycles. The van der Waals surface area contributed by atoms with E-state index >= 15 is 0 Å². The Labute approximate surface area is 202 Å². The van der Waals surface area contributed by atoms with Gasteiger partial charge in [0.1, 0.15) is 5.58 Å². The quantitative estimate of drug-likeness (QED) is 0.258. The van der Waals surface area contributed by atoms with Crippen molar-refractivity contribution >= 4 is 27.8 Å². The highest BCUT2D eigenvalue weighted by Crippen LogP contribution is 2.42. The molecule has 0 N–H and O–H groups in total. The summed E-state index contributed by atoms with van der Waals surface area (Å²) in [5.74, 6) is 0.933. The molecule has 6 rings (SSSR count). The van der Waals surface area contributed by atoms with Crippen molar-refractivity contribution in [3.63, 3.8) is 0 Å². The first-order chi connectivity index (χ1) is 17.1. The summed E-state index contributed by atoms with van der Waals surface area (Å²) in [6.07, 6.45) is 3.45. The number of likely N-dealkylation sites (tertiary alicyclic amines) is 1. The van der Waals surface area contributed by atoms with Crippen molar-refractivity contribution in [1.29, 1.82) is 0 Å². The molecular formula is C29H24N2O4. The molecular weight excluding hydrogens is 440 g/mol. The number of carbonyl (C=O) groups excluding carboxylic acids is 1. The van der Waals surface area contributed by atoms with Crippen molar-refractivity contribution in [3.8, 4) is 16.9 Å². The number of ether oxygens (including phenoxy) is 1. The van der Waals surface area contributed by atoms with Crippen LogP contribution in [0.5, 0.6) is 5.75 Å². The molecule has 1 aliphatic rings.